The van der Waals surface area contributed by atoms with Crippen molar-refractivity contribution in [2.45, 2.75) is 19.1 Å². The summed E-state index contributed by atoms with van der Waals surface area (Å²) in [5, 5.41) is 1.73. The molecule has 5 heteroatoms. The molecular weight excluding hydrogens is 297 g/mol. The molecule has 0 atom stereocenters. The molecule has 0 spiro atoms. The van der Waals surface area contributed by atoms with Gasteiger partial charge >= 0.3 is 7.60 Å². The Balaban J connectivity index is 2.31. The topological polar surface area (TPSA) is 69.6 Å². The molecule has 116 valence electrons. The number of nitrogens with one attached hydrogen (secondary N) is 1. The molecule has 0 unspecified atom stereocenters. The normalized spacial score (nSPS) is 15.7. The Bertz CT molecular complexity index is 706. The van der Waals surface area contributed by atoms with Gasteiger partial charge in [-0.15, -0.1) is 0 Å². The second-order valence-electron chi connectivity index (χ2n) is 6.12. The summed E-state index contributed by atoms with van der Waals surface area (Å²) in [4.78, 5) is 20.4. The predicted molar refractivity (Wildman–Crippen MR) is 87.5 cm³/mol. The molecule has 0 aliphatic heterocycles. The van der Waals surface area contributed by atoms with Gasteiger partial charge in [-0.05, 0) is 34.7 Å². The van der Waals surface area contributed by atoms with Crippen molar-refractivity contribution in [2.24, 2.45) is 5.92 Å². The van der Waals surface area contributed by atoms with E-state index in [-0.39, 0.29) is 5.92 Å². The Morgan fingerprint density at radius 2 is 1.45 bits per heavy atom. The summed E-state index contributed by atoms with van der Waals surface area (Å²) in [6.07, 6.45) is 0. The van der Waals surface area contributed by atoms with Crippen molar-refractivity contribution in [3.05, 3.63) is 59.7 Å². The van der Waals surface area contributed by atoms with Gasteiger partial charge in [0.15, 0.2) is 5.28 Å². The van der Waals surface area contributed by atoms with Gasteiger partial charge in [0.05, 0.1) is 0 Å². The minimum atomic E-state index is -4.48. The predicted octanol–water partition coefficient (Wildman–Crippen LogP) is 3.29. The molecule has 0 saturated carbocycles. The molecule has 22 heavy (non-hydrogen) atoms. The second kappa shape index (κ2) is 5.32. The second-order valence-corrected chi connectivity index (χ2v) is 7.88. The van der Waals surface area contributed by atoms with Gasteiger partial charge in [-0.2, -0.15) is 0 Å². The van der Waals surface area contributed by atoms with Crippen LogP contribution in [0.25, 0.3) is 11.1 Å². The maximum Gasteiger partial charge on any atom is 0.354 e. The molecule has 4 nitrogen and oxygen atoms in total. The summed E-state index contributed by atoms with van der Waals surface area (Å²) in [6, 6.07) is 14.9. The number of hydrogen-bond acceptors (Lipinski definition) is 2. The summed E-state index contributed by atoms with van der Waals surface area (Å²) in [7, 11) is -4.48. The molecule has 0 amide bonds. The van der Waals surface area contributed by atoms with Crippen LogP contribution in [0, 0.1) is 5.92 Å². The first-order valence-electron chi connectivity index (χ1n) is 7.38. The number of hydrogen-bond donors (Lipinski definition) is 3. The first-order chi connectivity index (χ1) is 10.4. The van der Waals surface area contributed by atoms with Crippen LogP contribution in [0.15, 0.2) is 48.5 Å². The molecule has 0 bridgehead atoms. The van der Waals surface area contributed by atoms with Gasteiger partial charge in [0.1, 0.15) is 0 Å². The highest BCUT2D eigenvalue weighted by atomic mass is 31.2. The SMILES string of the molecule is CC(C)CNC1(P(=O)(O)O)c2ccccc2-c2ccccc21. The molecule has 1 aliphatic rings. The van der Waals surface area contributed by atoms with E-state index in [9.17, 15) is 14.4 Å². The van der Waals surface area contributed by atoms with E-state index in [1.165, 1.54) is 0 Å². The van der Waals surface area contributed by atoms with Crippen molar-refractivity contribution in [2.75, 3.05) is 6.54 Å². The highest BCUT2D eigenvalue weighted by Crippen LogP contribution is 2.65. The minimum absolute atomic E-state index is 0.281. The van der Waals surface area contributed by atoms with Crippen LogP contribution in [0.2, 0.25) is 0 Å². The van der Waals surface area contributed by atoms with E-state index in [4.69, 9.17) is 0 Å². The number of fused-ring (bicyclic) bond motifs is 3. The fourth-order valence-electron chi connectivity index (χ4n) is 3.17. The lowest BCUT2D eigenvalue weighted by atomic mass is 10.0. The Kier molecular flexibility index (Phi) is 3.74. The van der Waals surface area contributed by atoms with Crippen molar-refractivity contribution in [1.82, 2.24) is 5.32 Å². The largest absolute Gasteiger partial charge is 0.354 e. The zero-order valence-electron chi connectivity index (χ0n) is 12.7. The summed E-state index contributed by atoms with van der Waals surface area (Å²) >= 11 is 0. The maximum atomic E-state index is 12.5. The quantitative estimate of drug-likeness (QED) is 0.757. The van der Waals surface area contributed by atoms with Gasteiger partial charge in [0.25, 0.3) is 0 Å². The summed E-state index contributed by atoms with van der Waals surface area (Å²) in [5.41, 5.74) is 3.09. The molecular formula is C17H20NO3P. The summed E-state index contributed by atoms with van der Waals surface area (Å²) in [6.45, 7) is 4.56. The smallest absolute Gasteiger partial charge is 0.323 e. The van der Waals surface area contributed by atoms with E-state index in [1.807, 2.05) is 62.4 Å². The standard InChI is InChI=1S/C17H20NO3P/c1-12(2)11-18-17(22(19,20)21)15-9-5-3-7-13(15)14-8-4-6-10-16(14)17/h3-10,12,18H,11H2,1-2H3,(H2,19,20,21). The van der Waals surface area contributed by atoms with Crippen LogP contribution in [0.3, 0.4) is 0 Å². The van der Waals surface area contributed by atoms with Crippen LogP contribution in [-0.2, 0) is 9.85 Å². The van der Waals surface area contributed by atoms with Crippen molar-refractivity contribution in [3.8, 4) is 11.1 Å². The van der Waals surface area contributed by atoms with Crippen molar-refractivity contribution in [1.29, 1.82) is 0 Å². The van der Waals surface area contributed by atoms with Crippen molar-refractivity contribution >= 4 is 7.60 Å². The van der Waals surface area contributed by atoms with Gasteiger partial charge in [0.2, 0.25) is 0 Å². The molecule has 2 aromatic rings. The Morgan fingerprint density at radius 1 is 1.00 bits per heavy atom. The molecule has 2 aromatic carbocycles. The minimum Gasteiger partial charge on any atom is -0.323 e. The lowest BCUT2D eigenvalue weighted by molar-refractivity contribution is 0.315. The molecule has 0 radical (unpaired) electrons. The molecule has 1 aliphatic carbocycles. The van der Waals surface area contributed by atoms with Gasteiger partial charge in [-0.1, -0.05) is 62.4 Å². The third-order valence-corrected chi connectivity index (χ3v) is 5.64. The van der Waals surface area contributed by atoms with Gasteiger partial charge < -0.3 is 9.79 Å². The van der Waals surface area contributed by atoms with E-state index < -0.39 is 12.9 Å². The molecule has 0 aromatic heterocycles. The fourth-order valence-corrected chi connectivity index (χ4v) is 4.49. The molecule has 0 fully saturated rings. The van der Waals surface area contributed by atoms with Crippen LogP contribution in [0.1, 0.15) is 25.0 Å². The average Bonchev–Trinajstić information content (AvgIpc) is 2.76. The van der Waals surface area contributed by atoms with E-state index >= 15 is 0 Å². The molecule has 0 saturated heterocycles. The lowest BCUT2D eigenvalue weighted by Crippen LogP contribution is -2.43. The number of rotatable bonds is 4. The zero-order chi connectivity index (χ0) is 16.0. The van der Waals surface area contributed by atoms with E-state index in [0.717, 1.165) is 11.1 Å². The monoisotopic (exact) mass is 317 g/mol. The zero-order valence-corrected chi connectivity index (χ0v) is 13.5. The number of benzene rings is 2. The van der Waals surface area contributed by atoms with E-state index in [0.29, 0.717) is 17.7 Å². The van der Waals surface area contributed by atoms with Gasteiger partial charge in [-0.3, -0.25) is 9.88 Å². The molecule has 3 N–H and O–H groups in total. The Hall–Kier alpha value is -1.45. The third-order valence-electron chi connectivity index (χ3n) is 4.13. The highest BCUT2D eigenvalue weighted by molar-refractivity contribution is 7.53. The third kappa shape index (κ3) is 2.15. The van der Waals surface area contributed by atoms with Crippen LogP contribution in [-0.4, -0.2) is 16.3 Å². The average molecular weight is 317 g/mol. The van der Waals surface area contributed by atoms with E-state index in [1.54, 1.807) is 0 Å². The molecule has 3 rings (SSSR count). The first-order valence-corrected chi connectivity index (χ1v) is 8.99. The van der Waals surface area contributed by atoms with Crippen LogP contribution in [0.5, 0.6) is 0 Å². The maximum absolute atomic E-state index is 12.5. The van der Waals surface area contributed by atoms with Crippen LogP contribution < -0.4 is 5.32 Å². The van der Waals surface area contributed by atoms with Crippen molar-refractivity contribution < 1.29 is 14.4 Å². The Morgan fingerprint density at radius 3 is 1.86 bits per heavy atom. The lowest BCUT2D eigenvalue weighted by Gasteiger charge is -2.34. The van der Waals surface area contributed by atoms with Gasteiger partial charge in [-0.25, -0.2) is 0 Å². The Labute approximate surface area is 130 Å². The first kappa shape index (κ1) is 15.4. The van der Waals surface area contributed by atoms with Gasteiger partial charge in [0, 0.05) is 0 Å². The molecule has 0 heterocycles. The van der Waals surface area contributed by atoms with E-state index in [2.05, 4.69) is 5.32 Å². The summed E-state index contributed by atoms with van der Waals surface area (Å²) in [5.74, 6) is 0.281. The van der Waals surface area contributed by atoms with Crippen LogP contribution in [0.4, 0.5) is 0 Å². The van der Waals surface area contributed by atoms with Crippen LogP contribution >= 0.6 is 7.60 Å². The highest BCUT2D eigenvalue weighted by Gasteiger charge is 2.55. The summed E-state index contributed by atoms with van der Waals surface area (Å²) < 4.78 is 12.5. The fraction of sp³-hybridized carbons (Fsp3) is 0.294. The van der Waals surface area contributed by atoms with Crippen molar-refractivity contribution in [3.63, 3.8) is 0 Å².